The molecule has 0 N–H and O–H groups in total. The van der Waals surface area contributed by atoms with Crippen molar-refractivity contribution in [2.24, 2.45) is 0 Å². The van der Waals surface area contributed by atoms with Crippen molar-refractivity contribution in [1.29, 1.82) is 0 Å². The minimum atomic E-state index is 0. The van der Waals surface area contributed by atoms with Gasteiger partial charge in [-0.3, -0.25) is 0 Å². The first kappa shape index (κ1) is 8.94. The van der Waals surface area contributed by atoms with Gasteiger partial charge in [-0.1, -0.05) is 6.92 Å². The first-order chi connectivity index (χ1) is 1.91. The molecule has 0 aliphatic heterocycles. The van der Waals surface area contributed by atoms with Gasteiger partial charge in [0.1, 0.15) is 0 Å². The molecule has 1 heteroatoms. The molecule has 0 nitrogen and oxygen atoms in total. The van der Waals surface area contributed by atoms with Crippen LogP contribution in [0.25, 0.3) is 0 Å². The van der Waals surface area contributed by atoms with Crippen LogP contribution in [-0.4, -0.2) is 0 Å². The van der Waals surface area contributed by atoms with Crippen LogP contribution >= 0.6 is 0 Å². The Labute approximate surface area is 44.8 Å². The summed E-state index contributed by atoms with van der Waals surface area (Å²) in [5.74, 6) is 2.18. The third-order valence-electron chi connectivity index (χ3n) is 0.177. The summed E-state index contributed by atoms with van der Waals surface area (Å²) in [6.45, 7) is 1.88. The van der Waals surface area contributed by atoms with Crippen LogP contribution in [0.15, 0.2) is 0 Å². The molecule has 0 saturated carbocycles. The van der Waals surface area contributed by atoms with E-state index in [1.165, 1.54) is 0 Å². The normalized spacial score (nSPS) is 4.00. The molecule has 0 atom stereocenters. The SMILES string of the molecule is [C-]#CCC.[V]. The summed E-state index contributed by atoms with van der Waals surface area (Å²) in [4.78, 5) is 0. The second-order valence-corrected chi connectivity index (χ2v) is 0.530. The maximum atomic E-state index is 6.20. The topological polar surface area (TPSA) is 0 Å². The Kier molecular flexibility index (Phi) is 15.9. The van der Waals surface area contributed by atoms with Crippen LogP contribution in [0, 0.1) is 12.3 Å². The average molecular weight is 104 g/mol. The van der Waals surface area contributed by atoms with Crippen LogP contribution in [0.1, 0.15) is 13.3 Å². The van der Waals surface area contributed by atoms with Crippen LogP contribution in [0.3, 0.4) is 0 Å². The zero-order valence-corrected chi connectivity index (χ0v) is 4.55. The van der Waals surface area contributed by atoms with Gasteiger partial charge < -0.3 is 12.3 Å². The Balaban J connectivity index is 0. The Morgan fingerprint density at radius 2 is 2.00 bits per heavy atom. The molecule has 0 aliphatic carbocycles. The molecule has 5 heavy (non-hydrogen) atoms. The van der Waals surface area contributed by atoms with Gasteiger partial charge in [0.25, 0.3) is 0 Å². The van der Waals surface area contributed by atoms with Gasteiger partial charge >= 0.3 is 0 Å². The van der Waals surface area contributed by atoms with Crippen molar-refractivity contribution in [2.75, 3.05) is 0 Å². The van der Waals surface area contributed by atoms with Crippen molar-refractivity contribution < 1.29 is 18.6 Å². The van der Waals surface area contributed by atoms with Crippen LogP contribution in [-0.2, 0) is 18.6 Å². The maximum absolute atomic E-state index is 6.20. The van der Waals surface area contributed by atoms with Gasteiger partial charge in [-0.25, -0.2) is 0 Å². The van der Waals surface area contributed by atoms with E-state index < -0.39 is 0 Å². The van der Waals surface area contributed by atoms with E-state index in [9.17, 15) is 0 Å². The van der Waals surface area contributed by atoms with Crippen molar-refractivity contribution in [1.82, 2.24) is 0 Å². The molecule has 0 amide bonds. The number of hydrogen-bond acceptors (Lipinski definition) is 0. The van der Waals surface area contributed by atoms with E-state index in [4.69, 9.17) is 6.42 Å². The summed E-state index contributed by atoms with van der Waals surface area (Å²) < 4.78 is 0. The Hall–Kier alpha value is 0.144. The standard InChI is InChI=1S/C4H5.V/c1-3-4-2;/h3H2,1H3;/q-1;. The summed E-state index contributed by atoms with van der Waals surface area (Å²) in [6, 6.07) is 0. The second kappa shape index (κ2) is 8.91. The second-order valence-electron chi connectivity index (χ2n) is 0.530. The fourth-order valence-corrected chi connectivity index (χ4v) is 0. The van der Waals surface area contributed by atoms with Crippen LogP contribution in [0.5, 0.6) is 0 Å². The molecule has 0 fully saturated rings. The maximum Gasteiger partial charge on any atom is 0 e. The van der Waals surface area contributed by atoms with Crippen LogP contribution in [0.4, 0.5) is 0 Å². The van der Waals surface area contributed by atoms with E-state index in [-0.39, 0.29) is 18.6 Å². The number of rotatable bonds is 0. The fraction of sp³-hybridized carbons (Fsp3) is 0.500. The molecule has 0 rings (SSSR count). The molecule has 0 aliphatic rings. The summed E-state index contributed by atoms with van der Waals surface area (Å²) in [6.07, 6.45) is 6.94. The molecule has 1 radical (unpaired) electrons. The van der Waals surface area contributed by atoms with Crippen LogP contribution in [0.2, 0.25) is 0 Å². The van der Waals surface area contributed by atoms with Gasteiger partial charge in [-0.15, -0.1) is 0 Å². The minimum Gasteiger partial charge on any atom is -0.694 e. The smallest absolute Gasteiger partial charge is 0 e. The summed E-state index contributed by atoms with van der Waals surface area (Å²) >= 11 is 0. The van der Waals surface area contributed by atoms with Crippen molar-refractivity contribution in [3.63, 3.8) is 0 Å². The van der Waals surface area contributed by atoms with Crippen molar-refractivity contribution in [3.8, 4) is 5.92 Å². The largest absolute Gasteiger partial charge is 0.694 e. The van der Waals surface area contributed by atoms with E-state index >= 15 is 0 Å². The van der Waals surface area contributed by atoms with Gasteiger partial charge in [-0.05, 0) is 6.42 Å². The van der Waals surface area contributed by atoms with Gasteiger partial charge in [0.2, 0.25) is 0 Å². The average Bonchev–Trinajstić information content (AvgIpc) is 1.37. The first-order valence-corrected chi connectivity index (χ1v) is 1.31. The van der Waals surface area contributed by atoms with Gasteiger partial charge in [0.15, 0.2) is 0 Å². The van der Waals surface area contributed by atoms with Crippen molar-refractivity contribution in [2.45, 2.75) is 13.3 Å². The third kappa shape index (κ3) is 14.6. The summed E-state index contributed by atoms with van der Waals surface area (Å²) in [5.41, 5.74) is 0. The quantitative estimate of drug-likeness (QED) is 0.317. The minimum absolute atomic E-state index is 0. The molecule has 0 aromatic heterocycles. The molecule has 0 aromatic rings. The predicted molar refractivity (Wildman–Crippen MR) is 17.4 cm³/mol. The Morgan fingerprint density at radius 1 is 1.80 bits per heavy atom. The van der Waals surface area contributed by atoms with Gasteiger partial charge in [0, 0.05) is 18.6 Å². The molecule has 0 aromatic carbocycles. The third-order valence-corrected chi connectivity index (χ3v) is 0.177. The summed E-state index contributed by atoms with van der Waals surface area (Å²) in [5, 5.41) is 0. The summed E-state index contributed by atoms with van der Waals surface area (Å²) in [7, 11) is 0. The van der Waals surface area contributed by atoms with E-state index in [2.05, 4.69) is 5.92 Å². The zero-order chi connectivity index (χ0) is 3.41. The molecule has 27 valence electrons. The zero-order valence-electron chi connectivity index (χ0n) is 3.15. The molecule has 0 saturated heterocycles. The van der Waals surface area contributed by atoms with E-state index in [0.29, 0.717) is 0 Å². The number of hydrogen-bond donors (Lipinski definition) is 0. The van der Waals surface area contributed by atoms with Crippen LogP contribution < -0.4 is 0 Å². The fourth-order valence-electron chi connectivity index (χ4n) is 0. The van der Waals surface area contributed by atoms with Gasteiger partial charge in [-0.2, -0.15) is 0 Å². The predicted octanol–water partition coefficient (Wildman–Crippen LogP) is 0.984. The molecule has 0 heterocycles. The van der Waals surface area contributed by atoms with E-state index in [1.807, 2.05) is 6.92 Å². The molecular weight excluding hydrogens is 99.0 g/mol. The first-order valence-electron chi connectivity index (χ1n) is 1.31. The molecule has 0 unspecified atom stereocenters. The van der Waals surface area contributed by atoms with Crippen molar-refractivity contribution in [3.05, 3.63) is 6.42 Å². The van der Waals surface area contributed by atoms with E-state index in [0.717, 1.165) is 6.42 Å². The van der Waals surface area contributed by atoms with E-state index in [1.54, 1.807) is 0 Å². The molecule has 0 spiro atoms. The van der Waals surface area contributed by atoms with Crippen molar-refractivity contribution >= 4 is 0 Å². The molecule has 0 bridgehead atoms. The Morgan fingerprint density at radius 3 is 2.00 bits per heavy atom. The Bertz CT molecular complexity index is 33.4. The van der Waals surface area contributed by atoms with Gasteiger partial charge in [0.05, 0.1) is 0 Å². The monoisotopic (exact) mass is 104 g/mol. The molecular formula is C4H5V-.